The summed E-state index contributed by atoms with van der Waals surface area (Å²) >= 11 is 4.74. The van der Waals surface area contributed by atoms with E-state index in [0.717, 1.165) is 26.7 Å². The third-order valence-corrected chi connectivity index (χ3v) is 5.73. The highest BCUT2D eigenvalue weighted by molar-refractivity contribution is 9.10. The minimum absolute atomic E-state index is 0.163. The molecule has 1 heterocycles. The number of carbonyl (C=O) groups excluding carboxylic acids is 2. The number of benzene rings is 2. The van der Waals surface area contributed by atoms with Crippen molar-refractivity contribution in [2.45, 2.75) is 20.8 Å². The van der Waals surface area contributed by atoms with Gasteiger partial charge in [0.05, 0.1) is 6.61 Å². The van der Waals surface area contributed by atoms with Gasteiger partial charge in [0.1, 0.15) is 16.3 Å². The number of rotatable bonds is 7. The molecule has 2 aromatic carbocycles. The Morgan fingerprint density at radius 2 is 1.77 bits per heavy atom. The maximum absolute atomic E-state index is 12.6. The zero-order valence-corrected chi connectivity index (χ0v) is 19.4. The third-order valence-electron chi connectivity index (χ3n) is 4.38. The molecule has 156 valence electrons. The van der Waals surface area contributed by atoms with Crippen molar-refractivity contribution in [3.05, 3.63) is 69.0 Å². The predicted molar refractivity (Wildman–Crippen MR) is 123 cm³/mol. The first-order valence-corrected chi connectivity index (χ1v) is 11.1. The molecule has 30 heavy (non-hydrogen) atoms. The molecule has 0 spiro atoms. The second-order valence-corrected chi connectivity index (χ2v) is 8.44. The van der Waals surface area contributed by atoms with E-state index in [1.54, 1.807) is 6.92 Å². The normalized spacial score (nSPS) is 10.5. The molecule has 0 bridgehead atoms. The third kappa shape index (κ3) is 5.09. The van der Waals surface area contributed by atoms with Crippen molar-refractivity contribution in [1.29, 1.82) is 0 Å². The van der Waals surface area contributed by atoms with Crippen molar-refractivity contribution in [2.24, 2.45) is 0 Å². The van der Waals surface area contributed by atoms with Crippen molar-refractivity contribution in [3.8, 4) is 16.9 Å². The van der Waals surface area contributed by atoms with Crippen LogP contribution < -0.4 is 10.1 Å². The molecular weight excluding hydrogens is 466 g/mol. The van der Waals surface area contributed by atoms with Crippen LogP contribution >= 0.6 is 27.3 Å². The van der Waals surface area contributed by atoms with E-state index in [4.69, 9.17) is 9.47 Å². The smallest absolute Gasteiger partial charge is 0.341 e. The molecule has 3 rings (SSSR count). The van der Waals surface area contributed by atoms with Gasteiger partial charge in [-0.2, -0.15) is 0 Å². The zero-order valence-electron chi connectivity index (χ0n) is 17.0. The van der Waals surface area contributed by atoms with Gasteiger partial charge in [-0.15, -0.1) is 11.3 Å². The average Bonchev–Trinajstić information content (AvgIpc) is 3.11. The van der Waals surface area contributed by atoms with Gasteiger partial charge < -0.3 is 14.8 Å². The Morgan fingerprint density at radius 1 is 1.10 bits per heavy atom. The molecule has 1 amide bonds. The summed E-state index contributed by atoms with van der Waals surface area (Å²) in [5.41, 5.74) is 3.84. The van der Waals surface area contributed by atoms with Crippen LogP contribution in [0.3, 0.4) is 0 Å². The molecule has 0 aliphatic rings. The topological polar surface area (TPSA) is 64.6 Å². The largest absolute Gasteiger partial charge is 0.483 e. The van der Waals surface area contributed by atoms with E-state index in [9.17, 15) is 9.59 Å². The number of hydrogen-bond acceptors (Lipinski definition) is 5. The number of nitrogens with one attached hydrogen (secondary N) is 1. The number of aryl methyl sites for hydroxylation is 2. The minimum Gasteiger partial charge on any atom is -0.483 e. The van der Waals surface area contributed by atoms with Gasteiger partial charge in [-0.05, 0) is 49.6 Å². The monoisotopic (exact) mass is 487 g/mol. The molecule has 1 N–H and O–H groups in total. The summed E-state index contributed by atoms with van der Waals surface area (Å²) in [4.78, 5) is 25.2. The van der Waals surface area contributed by atoms with Crippen LogP contribution in [0.4, 0.5) is 5.00 Å². The van der Waals surface area contributed by atoms with Crippen LogP contribution in [0.5, 0.6) is 5.75 Å². The SMILES string of the molecule is CCOC(=O)c1c(-c2ccccc2)csc1NC(=O)COc1c(C)cc(Br)cc1C. The van der Waals surface area contributed by atoms with Gasteiger partial charge in [0.2, 0.25) is 0 Å². The number of anilines is 1. The van der Waals surface area contributed by atoms with E-state index < -0.39 is 5.97 Å². The summed E-state index contributed by atoms with van der Waals surface area (Å²) in [5.74, 6) is -0.132. The summed E-state index contributed by atoms with van der Waals surface area (Å²) < 4.78 is 11.9. The fourth-order valence-corrected chi connectivity index (χ4v) is 4.77. The molecule has 0 atom stereocenters. The lowest BCUT2D eigenvalue weighted by molar-refractivity contribution is -0.118. The second kappa shape index (κ2) is 9.91. The van der Waals surface area contributed by atoms with Gasteiger partial charge >= 0.3 is 5.97 Å². The second-order valence-electron chi connectivity index (χ2n) is 6.65. The molecule has 5 nitrogen and oxygen atoms in total. The highest BCUT2D eigenvalue weighted by atomic mass is 79.9. The number of hydrogen-bond donors (Lipinski definition) is 1. The highest BCUT2D eigenvalue weighted by Crippen LogP contribution is 2.36. The molecule has 1 aromatic heterocycles. The molecule has 0 saturated heterocycles. The standard InChI is InChI=1S/C23H22BrNO4S/c1-4-28-23(27)20-18(16-8-6-5-7-9-16)13-30-22(20)25-19(26)12-29-21-14(2)10-17(24)11-15(21)3/h5-11,13H,4,12H2,1-3H3,(H,25,26). The van der Waals surface area contributed by atoms with E-state index in [0.29, 0.717) is 16.3 Å². The van der Waals surface area contributed by atoms with Gasteiger partial charge in [0, 0.05) is 15.4 Å². The zero-order chi connectivity index (χ0) is 21.7. The van der Waals surface area contributed by atoms with Crippen molar-refractivity contribution in [3.63, 3.8) is 0 Å². The van der Waals surface area contributed by atoms with E-state index in [-0.39, 0.29) is 19.1 Å². The lowest BCUT2D eigenvalue weighted by atomic mass is 10.0. The van der Waals surface area contributed by atoms with Crippen LogP contribution in [0.2, 0.25) is 0 Å². The van der Waals surface area contributed by atoms with Crippen LogP contribution in [-0.2, 0) is 9.53 Å². The summed E-state index contributed by atoms with van der Waals surface area (Å²) in [6.07, 6.45) is 0. The molecule has 0 fully saturated rings. The Kier molecular flexibility index (Phi) is 7.29. The molecule has 0 unspecified atom stereocenters. The van der Waals surface area contributed by atoms with Crippen LogP contribution in [0.25, 0.3) is 11.1 Å². The van der Waals surface area contributed by atoms with Crippen molar-refractivity contribution in [1.82, 2.24) is 0 Å². The quantitative estimate of drug-likeness (QED) is 0.415. The highest BCUT2D eigenvalue weighted by Gasteiger charge is 2.23. The molecule has 3 aromatic rings. The first-order chi connectivity index (χ1) is 14.4. The Bertz CT molecular complexity index is 1040. The lowest BCUT2D eigenvalue weighted by Gasteiger charge is -2.13. The Balaban J connectivity index is 1.80. The maximum atomic E-state index is 12.6. The van der Waals surface area contributed by atoms with Gasteiger partial charge in [0.25, 0.3) is 5.91 Å². The number of ether oxygens (including phenoxy) is 2. The number of halogens is 1. The number of carbonyl (C=O) groups is 2. The van der Waals surface area contributed by atoms with Crippen molar-refractivity contribution in [2.75, 3.05) is 18.5 Å². The van der Waals surface area contributed by atoms with E-state index >= 15 is 0 Å². The Labute approximate surface area is 188 Å². The maximum Gasteiger partial charge on any atom is 0.341 e. The van der Waals surface area contributed by atoms with Gasteiger partial charge in [-0.1, -0.05) is 46.3 Å². The number of amides is 1. The van der Waals surface area contributed by atoms with E-state index in [1.807, 2.05) is 61.7 Å². The fraction of sp³-hybridized carbons (Fsp3) is 0.217. The summed E-state index contributed by atoms with van der Waals surface area (Å²) in [6, 6.07) is 13.4. The molecule has 0 radical (unpaired) electrons. The summed E-state index contributed by atoms with van der Waals surface area (Å²) in [5, 5.41) is 5.10. The molecular formula is C23H22BrNO4S. The van der Waals surface area contributed by atoms with Gasteiger partial charge in [0.15, 0.2) is 6.61 Å². The first kappa shape index (κ1) is 22.1. The Morgan fingerprint density at radius 3 is 2.40 bits per heavy atom. The molecule has 7 heteroatoms. The molecule has 0 aliphatic carbocycles. The summed E-state index contributed by atoms with van der Waals surface area (Å²) in [6.45, 7) is 5.69. The average molecular weight is 488 g/mol. The molecule has 0 saturated carbocycles. The Hall–Kier alpha value is -2.64. The molecule has 0 aliphatic heterocycles. The van der Waals surface area contributed by atoms with Gasteiger partial charge in [-0.3, -0.25) is 4.79 Å². The summed E-state index contributed by atoms with van der Waals surface area (Å²) in [7, 11) is 0. The van der Waals surface area contributed by atoms with Crippen LogP contribution in [0.1, 0.15) is 28.4 Å². The van der Waals surface area contributed by atoms with Crippen LogP contribution in [-0.4, -0.2) is 25.1 Å². The van der Waals surface area contributed by atoms with E-state index in [2.05, 4.69) is 21.2 Å². The van der Waals surface area contributed by atoms with Crippen molar-refractivity contribution < 1.29 is 19.1 Å². The first-order valence-electron chi connectivity index (χ1n) is 9.44. The van der Waals surface area contributed by atoms with Crippen LogP contribution in [0.15, 0.2) is 52.3 Å². The minimum atomic E-state index is -0.464. The predicted octanol–water partition coefficient (Wildman–Crippen LogP) is 5.99. The lowest BCUT2D eigenvalue weighted by Crippen LogP contribution is -2.21. The van der Waals surface area contributed by atoms with Crippen molar-refractivity contribution >= 4 is 44.1 Å². The fourth-order valence-electron chi connectivity index (χ4n) is 3.11. The number of thiophene rings is 1. The van der Waals surface area contributed by atoms with Crippen LogP contribution in [0, 0.1) is 13.8 Å². The van der Waals surface area contributed by atoms with E-state index in [1.165, 1.54) is 11.3 Å². The number of esters is 1. The van der Waals surface area contributed by atoms with Gasteiger partial charge in [-0.25, -0.2) is 4.79 Å².